The minimum Gasteiger partial charge on any atom is -0.392 e. The molecule has 2 N–H and O–H groups in total. The molecule has 6 heteroatoms. The van der Waals surface area contributed by atoms with Crippen LogP contribution in [0.5, 0.6) is 0 Å². The molecule has 1 unspecified atom stereocenters. The molecule has 2 rings (SSSR count). The quantitative estimate of drug-likeness (QED) is 0.623. The molecule has 0 aromatic heterocycles. The van der Waals surface area contributed by atoms with Crippen molar-refractivity contribution < 1.29 is 10.0 Å². The Labute approximate surface area is 113 Å². The van der Waals surface area contributed by atoms with Gasteiger partial charge in [-0.25, -0.2) is 0 Å². The average Bonchev–Trinajstić information content (AvgIpc) is 3.14. The Morgan fingerprint density at radius 3 is 2.89 bits per heavy atom. The van der Waals surface area contributed by atoms with Gasteiger partial charge >= 0.3 is 0 Å². The highest BCUT2D eigenvalue weighted by molar-refractivity contribution is 9.10. The Morgan fingerprint density at radius 1 is 1.56 bits per heavy atom. The fourth-order valence-electron chi connectivity index (χ4n) is 1.86. The van der Waals surface area contributed by atoms with E-state index in [1.54, 1.807) is 12.1 Å². The molecule has 0 radical (unpaired) electrons. The van der Waals surface area contributed by atoms with Crippen LogP contribution in [0.4, 0.5) is 5.69 Å². The van der Waals surface area contributed by atoms with E-state index < -0.39 is 0 Å². The van der Waals surface area contributed by atoms with Crippen molar-refractivity contribution in [3.8, 4) is 0 Å². The fraction of sp³-hybridized carbons (Fsp3) is 0.500. The number of nitro groups is 1. The van der Waals surface area contributed by atoms with Gasteiger partial charge in [-0.3, -0.25) is 10.1 Å². The summed E-state index contributed by atoms with van der Waals surface area (Å²) in [6.45, 7) is 0.880. The number of benzene rings is 1. The second-order valence-corrected chi connectivity index (χ2v) is 5.48. The first-order chi connectivity index (χ1) is 8.58. The molecule has 0 spiro atoms. The molecule has 1 fully saturated rings. The average molecular weight is 315 g/mol. The van der Waals surface area contributed by atoms with Gasteiger partial charge in [0.05, 0.1) is 11.0 Å². The van der Waals surface area contributed by atoms with Crippen molar-refractivity contribution in [1.29, 1.82) is 0 Å². The van der Waals surface area contributed by atoms with Gasteiger partial charge in [0.1, 0.15) is 0 Å². The van der Waals surface area contributed by atoms with Crippen molar-refractivity contribution in [3.05, 3.63) is 38.3 Å². The third-order valence-corrected chi connectivity index (χ3v) is 3.57. The minimum atomic E-state index is -0.390. The van der Waals surface area contributed by atoms with Crippen LogP contribution in [-0.2, 0) is 6.54 Å². The zero-order valence-electron chi connectivity index (χ0n) is 9.80. The molecule has 1 aromatic carbocycles. The summed E-state index contributed by atoms with van der Waals surface area (Å²) in [5.41, 5.74) is 0.726. The van der Waals surface area contributed by atoms with E-state index in [1.165, 1.54) is 6.07 Å². The van der Waals surface area contributed by atoms with Crippen LogP contribution in [-0.4, -0.2) is 22.7 Å². The highest BCUT2D eigenvalue weighted by Gasteiger charge is 2.29. The van der Waals surface area contributed by atoms with Crippen LogP contribution in [0.2, 0.25) is 0 Å². The maximum Gasteiger partial charge on any atom is 0.275 e. The van der Waals surface area contributed by atoms with Crippen molar-refractivity contribution in [2.75, 3.05) is 6.54 Å². The number of halogens is 1. The molecule has 98 valence electrons. The Balaban J connectivity index is 1.93. The summed E-state index contributed by atoms with van der Waals surface area (Å²) >= 11 is 3.22. The second-order valence-electron chi connectivity index (χ2n) is 4.57. The zero-order chi connectivity index (χ0) is 13.1. The van der Waals surface area contributed by atoms with Crippen LogP contribution >= 0.6 is 15.9 Å². The number of aliphatic hydroxyl groups is 1. The molecule has 5 nitrogen and oxygen atoms in total. The number of rotatable bonds is 6. The molecular weight excluding hydrogens is 300 g/mol. The van der Waals surface area contributed by atoms with Crippen LogP contribution in [0, 0.1) is 16.0 Å². The second kappa shape index (κ2) is 5.77. The molecular formula is C12H15BrN2O3. The van der Waals surface area contributed by atoms with E-state index in [1.807, 2.05) is 0 Å². The largest absolute Gasteiger partial charge is 0.392 e. The van der Waals surface area contributed by atoms with Gasteiger partial charge in [0.25, 0.3) is 5.69 Å². The number of nitrogens with one attached hydrogen (secondary N) is 1. The van der Waals surface area contributed by atoms with Crippen LogP contribution in [0.1, 0.15) is 18.4 Å². The van der Waals surface area contributed by atoms with E-state index in [4.69, 9.17) is 0 Å². The van der Waals surface area contributed by atoms with E-state index in [0.717, 1.165) is 12.8 Å². The number of nitro benzene ring substituents is 1. The predicted octanol–water partition coefficient (Wildman–Crippen LogP) is 2.22. The summed E-state index contributed by atoms with van der Waals surface area (Å²) in [7, 11) is 0. The summed E-state index contributed by atoms with van der Waals surface area (Å²) in [6.07, 6.45) is 1.84. The van der Waals surface area contributed by atoms with Gasteiger partial charge in [0, 0.05) is 29.2 Å². The van der Waals surface area contributed by atoms with Crippen LogP contribution in [0.3, 0.4) is 0 Å². The van der Waals surface area contributed by atoms with Gasteiger partial charge in [-0.15, -0.1) is 0 Å². The van der Waals surface area contributed by atoms with Crippen molar-refractivity contribution >= 4 is 21.6 Å². The van der Waals surface area contributed by atoms with Gasteiger partial charge in [-0.2, -0.15) is 0 Å². The fourth-order valence-corrected chi connectivity index (χ4v) is 2.21. The topological polar surface area (TPSA) is 75.4 Å². The van der Waals surface area contributed by atoms with Crippen molar-refractivity contribution in [2.45, 2.75) is 25.5 Å². The van der Waals surface area contributed by atoms with E-state index >= 15 is 0 Å². The summed E-state index contributed by atoms with van der Waals surface area (Å²) < 4.78 is 0.691. The lowest BCUT2D eigenvalue weighted by Gasteiger charge is -2.10. The lowest BCUT2D eigenvalue weighted by atomic mass is 10.1. The van der Waals surface area contributed by atoms with E-state index in [9.17, 15) is 15.2 Å². The standard InChI is InChI=1S/C12H15BrN2O3/c13-10-4-3-9(11(5-10)15(17)18)6-14-7-12(16)8-1-2-8/h3-5,8,12,14,16H,1-2,6-7H2. The Bertz CT molecular complexity index is 449. The summed E-state index contributed by atoms with van der Waals surface area (Å²) in [4.78, 5) is 10.5. The Kier molecular flexibility index (Phi) is 4.31. The maximum atomic E-state index is 10.9. The molecule has 1 aromatic rings. The van der Waals surface area contributed by atoms with Crippen molar-refractivity contribution in [3.63, 3.8) is 0 Å². The van der Waals surface area contributed by atoms with Crippen LogP contribution in [0.25, 0.3) is 0 Å². The molecule has 0 bridgehead atoms. The molecule has 18 heavy (non-hydrogen) atoms. The van der Waals surface area contributed by atoms with E-state index in [0.29, 0.717) is 29.0 Å². The normalized spacial score (nSPS) is 16.6. The third kappa shape index (κ3) is 3.51. The first-order valence-electron chi connectivity index (χ1n) is 5.89. The molecule has 1 saturated carbocycles. The van der Waals surface area contributed by atoms with Gasteiger partial charge in [-0.05, 0) is 30.9 Å². The molecule has 1 aliphatic rings. The zero-order valence-corrected chi connectivity index (χ0v) is 11.4. The first kappa shape index (κ1) is 13.5. The molecule has 0 heterocycles. The number of hydrogen-bond donors (Lipinski definition) is 2. The highest BCUT2D eigenvalue weighted by atomic mass is 79.9. The van der Waals surface area contributed by atoms with Gasteiger partial charge in [0.2, 0.25) is 0 Å². The van der Waals surface area contributed by atoms with Crippen LogP contribution < -0.4 is 5.32 Å². The van der Waals surface area contributed by atoms with Crippen molar-refractivity contribution in [1.82, 2.24) is 5.32 Å². The predicted molar refractivity (Wildman–Crippen MR) is 71.2 cm³/mol. The van der Waals surface area contributed by atoms with Crippen molar-refractivity contribution in [2.24, 2.45) is 5.92 Å². The SMILES string of the molecule is O=[N+]([O-])c1cc(Br)ccc1CNCC(O)C1CC1. The molecule has 1 aliphatic carbocycles. The molecule has 1 atom stereocenters. The van der Waals surface area contributed by atoms with Crippen LogP contribution in [0.15, 0.2) is 22.7 Å². The third-order valence-electron chi connectivity index (χ3n) is 3.08. The summed E-state index contributed by atoms with van der Waals surface area (Å²) in [5.74, 6) is 0.414. The summed E-state index contributed by atoms with van der Waals surface area (Å²) in [5, 5.41) is 23.7. The van der Waals surface area contributed by atoms with E-state index in [2.05, 4.69) is 21.2 Å². The number of nitrogens with zero attached hydrogens (tertiary/aromatic N) is 1. The number of aliphatic hydroxyl groups excluding tert-OH is 1. The lowest BCUT2D eigenvalue weighted by Crippen LogP contribution is -2.28. The van der Waals surface area contributed by atoms with E-state index in [-0.39, 0.29) is 16.7 Å². The Morgan fingerprint density at radius 2 is 2.28 bits per heavy atom. The molecule has 0 amide bonds. The highest BCUT2D eigenvalue weighted by Crippen LogP contribution is 2.32. The first-order valence-corrected chi connectivity index (χ1v) is 6.69. The van der Waals surface area contributed by atoms with Gasteiger partial charge < -0.3 is 10.4 Å². The van der Waals surface area contributed by atoms with Gasteiger partial charge in [-0.1, -0.05) is 15.9 Å². The summed E-state index contributed by atoms with van der Waals surface area (Å²) in [6, 6.07) is 4.99. The number of hydrogen-bond acceptors (Lipinski definition) is 4. The smallest absolute Gasteiger partial charge is 0.275 e. The maximum absolute atomic E-state index is 10.9. The Hall–Kier alpha value is -0.980. The van der Waals surface area contributed by atoms with Gasteiger partial charge in [0.15, 0.2) is 0 Å². The molecule has 0 saturated heterocycles. The monoisotopic (exact) mass is 314 g/mol. The minimum absolute atomic E-state index is 0.0952. The lowest BCUT2D eigenvalue weighted by molar-refractivity contribution is -0.385. The molecule has 0 aliphatic heterocycles.